The first-order chi connectivity index (χ1) is 16.5. The number of cyclic esters (lactones) is 1. The molecule has 34 heavy (non-hydrogen) atoms. The van der Waals surface area contributed by atoms with Gasteiger partial charge in [0.25, 0.3) is 5.91 Å². The van der Waals surface area contributed by atoms with Gasteiger partial charge >= 0.3 is 5.97 Å². The lowest BCUT2D eigenvalue weighted by molar-refractivity contribution is 0.0252. The number of ether oxygens (including phenoxy) is 1. The van der Waals surface area contributed by atoms with Crippen LogP contribution in [0.15, 0.2) is 72.8 Å². The highest BCUT2D eigenvalue weighted by Gasteiger charge is 2.28. The molecule has 0 radical (unpaired) electrons. The van der Waals surface area contributed by atoms with Crippen LogP contribution in [0.25, 0.3) is 0 Å². The Morgan fingerprint density at radius 1 is 1.12 bits per heavy atom. The van der Waals surface area contributed by atoms with E-state index in [4.69, 9.17) is 4.74 Å². The minimum atomic E-state index is -0.386. The van der Waals surface area contributed by atoms with Crippen LogP contribution < -0.4 is 5.32 Å². The van der Waals surface area contributed by atoms with Gasteiger partial charge in [-0.15, -0.1) is 11.3 Å². The zero-order chi connectivity index (χ0) is 23.7. The van der Waals surface area contributed by atoms with Gasteiger partial charge in [-0.25, -0.2) is 14.2 Å². The number of halogens is 1. The molecule has 1 unspecified atom stereocenters. The summed E-state index contributed by atoms with van der Waals surface area (Å²) in [6, 6.07) is 20.9. The van der Waals surface area contributed by atoms with Crippen molar-refractivity contribution in [2.45, 2.75) is 25.9 Å². The monoisotopic (exact) mass is 472 g/mol. The van der Waals surface area contributed by atoms with Crippen molar-refractivity contribution in [3.63, 3.8) is 0 Å². The smallest absolute Gasteiger partial charge is 0.339 e. The second kappa shape index (κ2) is 9.19. The summed E-state index contributed by atoms with van der Waals surface area (Å²) in [4.78, 5) is 30.9. The third-order valence-electron chi connectivity index (χ3n) is 5.80. The van der Waals surface area contributed by atoms with Crippen LogP contribution in [-0.2, 0) is 17.6 Å². The van der Waals surface area contributed by atoms with E-state index < -0.39 is 0 Å². The minimum absolute atomic E-state index is 0.272. The van der Waals surface area contributed by atoms with Crippen LogP contribution in [0.1, 0.15) is 54.1 Å². The normalized spacial score (nSPS) is 14.9. The van der Waals surface area contributed by atoms with E-state index in [-0.39, 0.29) is 23.8 Å². The summed E-state index contributed by atoms with van der Waals surface area (Å²) in [7, 11) is 0. The number of aromatic nitrogens is 1. The van der Waals surface area contributed by atoms with E-state index in [1.165, 1.54) is 23.5 Å². The number of hydrogen-bond acceptors (Lipinski definition) is 5. The Kier molecular flexibility index (Phi) is 5.94. The van der Waals surface area contributed by atoms with Crippen molar-refractivity contribution in [1.82, 2.24) is 4.98 Å². The first kappa shape index (κ1) is 22.0. The van der Waals surface area contributed by atoms with Gasteiger partial charge in [-0.1, -0.05) is 42.5 Å². The maximum Gasteiger partial charge on any atom is 0.339 e. The van der Waals surface area contributed by atoms with Gasteiger partial charge in [0, 0.05) is 23.3 Å². The maximum atomic E-state index is 13.2. The molecule has 0 saturated carbocycles. The molecule has 2 heterocycles. The van der Waals surface area contributed by atoms with Crippen molar-refractivity contribution in [2.24, 2.45) is 0 Å². The zero-order valence-corrected chi connectivity index (χ0v) is 19.2. The number of carbonyl (C=O) groups is 2. The van der Waals surface area contributed by atoms with Crippen molar-refractivity contribution in [2.75, 3.05) is 5.32 Å². The number of aryl methyl sites for hydroxylation is 1. The van der Waals surface area contributed by atoms with Crippen molar-refractivity contribution in [1.29, 1.82) is 0 Å². The average Bonchev–Trinajstić information content (AvgIpc) is 3.18. The van der Waals surface area contributed by atoms with Gasteiger partial charge in [-0.3, -0.25) is 10.1 Å². The molecule has 1 aliphatic heterocycles. The Bertz CT molecular complexity index is 1370. The third-order valence-corrected chi connectivity index (χ3v) is 6.88. The van der Waals surface area contributed by atoms with Crippen LogP contribution in [0.2, 0.25) is 0 Å². The molecule has 0 bridgehead atoms. The van der Waals surface area contributed by atoms with Crippen molar-refractivity contribution in [3.8, 4) is 0 Å². The molecular weight excluding hydrogens is 451 g/mol. The van der Waals surface area contributed by atoms with Crippen LogP contribution in [0, 0.1) is 12.7 Å². The highest BCUT2D eigenvalue weighted by atomic mass is 32.1. The predicted molar refractivity (Wildman–Crippen MR) is 129 cm³/mol. The van der Waals surface area contributed by atoms with E-state index in [0.717, 1.165) is 27.3 Å². The Hall–Kier alpha value is -3.84. The minimum Gasteiger partial charge on any atom is -0.454 e. The third kappa shape index (κ3) is 4.61. The number of rotatable bonds is 5. The Morgan fingerprint density at radius 2 is 1.88 bits per heavy atom. The van der Waals surface area contributed by atoms with E-state index in [1.54, 1.807) is 30.3 Å². The molecule has 0 fully saturated rings. The van der Waals surface area contributed by atoms with Gasteiger partial charge in [-0.05, 0) is 53.9 Å². The Morgan fingerprint density at radius 3 is 2.65 bits per heavy atom. The van der Waals surface area contributed by atoms with E-state index >= 15 is 0 Å². The SMILES string of the molecule is Cc1nc(NC(=O)c2ccc3c(c2)CC(c2ccccc2)OC3=O)sc1Cc1ccc(F)cc1. The summed E-state index contributed by atoms with van der Waals surface area (Å²) in [5.41, 5.74) is 4.43. The van der Waals surface area contributed by atoms with E-state index in [0.29, 0.717) is 29.1 Å². The molecule has 1 atom stereocenters. The van der Waals surface area contributed by atoms with Gasteiger partial charge in [0.15, 0.2) is 5.13 Å². The number of esters is 1. The van der Waals surface area contributed by atoms with E-state index in [2.05, 4.69) is 10.3 Å². The predicted octanol–water partition coefficient (Wildman–Crippen LogP) is 5.89. The zero-order valence-electron chi connectivity index (χ0n) is 18.4. The van der Waals surface area contributed by atoms with Crippen LogP contribution >= 0.6 is 11.3 Å². The Balaban J connectivity index is 1.32. The molecule has 0 saturated heterocycles. The fourth-order valence-electron chi connectivity index (χ4n) is 3.99. The number of hydrogen-bond donors (Lipinski definition) is 1. The number of anilines is 1. The molecule has 170 valence electrons. The standard InChI is InChI=1S/C27H21FN2O3S/c1-16-24(13-17-7-10-21(28)11-8-17)34-27(29-16)30-25(31)19-9-12-22-20(14-19)15-23(33-26(22)32)18-5-3-2-4-6-18/h2-12,14,23H,13,15H2,1H3,(H,29,30,31). The van der Waals surface area contributed by atoms with E-state index in [1.807, 2.05) is 37.3 Å². The number of fused-ring (bicyclic) bond motifs is 1. The summed E-state index contributed by atoms with van der Waals surface area (Å²) >= 11 is 1.40. The fourth-order valence-corrected chi connectivity index (χ4v) is 4.98. The summed E-state index contributed by atoms with van der Waals surface area (Å²) in [6.07, 6.45) is 0.737. The number of nitrogens with one attached hydrogen (secondary N) is 1. The lowest BCUT2D eigenvalue weighted by Gasteiger charge is -2.25. The number of amides is 1. The molecule has 7 heteroatoms. The molecule has 1 aromatic heterocycles. The van der Waals surface area contributed by atoms with Gasteiger partial charge in [-0.2, -0.15) is 0 Å². The van der Waals surface area contributed by atoms with Crippen molar-refractivity contribution < 1.29 is 18.7 Å². The second-order valence-corrected chi connectivity index (χ2v) is 9.25. The topological polar surface area (TPSA) is 68.3 Å². The van der Waals surface area contributed by atoms with Crippen molar-refractivity contribution >= 4 is 28.3 Å². The lowest BCUT2D eigenvalue weighted by atomic mass is 9.93. The average molecular weight is 473 g/mol. The molecule has 5 nitrogen and oxygen atoms in total. The number of benzene rings is 3. The first-order valence-corrected chi connectivity index (χ1v) is 11.7. The molecule has 4 aromatic rings. The summed E-state index contributed by atoms with van der Waals surface area (Å²) in [6.45, 7) is 1.89. The van der Waals surface area contributed by atoms with Crippen molar-refractivity contribution in [3.05, 3.63) is 117 Å². The highest BCUT2D eigenvalue weighted by Crippen LogP contribution is 2.31. The molecule has 1 amide bonds. The Labute approximate surface area is 200 Å². The van der Waals surface area contributed by atoms with Crippen LogP contribution in [-0.4, -0.2) is 16.9 Å². The van der Waals surface area contributed by atoms with Crippen LogP contribution in [0.4, 0.5) is 9.52 Å². The molecule has 3 aromatic carbocycles. The van der Waals surface area contributed by atoms with Crippen LogP contribution in [0.5, 0.6) is 0 Å². The van der Waals surface area contributed by atoms with Gasteiger partial charge in [0.2, 0.25) is 0 Å². The van der Waals surface area contributed by atoms with Gasteiger partial charge in [0.1, 0.15) is 11.9 Å². The summed E-state index contributed by atoms with van der Waals surface area (Å²) < 4.78 is 18.8. The quantitative estimate of drug-likeness (QED) is 0.368. The highest BCUT2D eigenvalue weighted by molar-refractivity contribution is 7.15. The van der Waals surface area contributed by atoms with Gasteiger partial charge < -0.3 is 4.74 Å². The first-order valence-electron chi connectivity index (χ1n) is 10.9. The maximum absolute atomic E-state index is 13.2. The lowest BCUT2D eigenvalue weighted by Crippen LogP contribution is -2.23. The number of carbonyl (C=O) groups excluding carboxylic acids is 2. The molecule has 1 aliphatic rings. The largest absolute Gasteiger partial charge is 0.454 e. The van der Waals surface area contributed by atoms with Gasteiger partial charge in [0.05, 0.1) is 11.3 Å². The molecule has 1 N–H and O–H groups in total. The van der Waals surface area contributed by atoms with Crippen LogP contribution in [0.3, 0.4) is 0 Å². The molecule has 5 rings (SSSR count). The number of nitrogens with zero attached hydrogens (tertiary/aromatic N) is 1. The number of thiazole rings is 1. The summed E-state index contributed by atoms with van der Waals surface area (Å²) in [5.74, 6) is -0.950. The fraction of sp³-hybridized carbons (Fsp3) is 0.148. The molecule has 0 spiro atoms. The molecular formula is C27H21FN2O3S. The molecule has 0 aliphatic carbocycles. The second-order valence-electron chi connectivity index (χ2n) is 8.17. The summed E-state index contributed by atoms with van der Waals surface area (Å²) in [5, 5.41) is 3.37. The van der Waals surface area contributed by atoms with E-state index in [9.17, 15) is 14.0 Å².